The summed E-state index contributed by atoms with van der Waals surface area (Å²) in [6.07, 6.45) is 0. The number of aliphatic hydroxyl groups is 1. The molecule has 0 aliphatic carbocycles. The molecule has 7 nitrogen and oxygen atoms in total. The Bertz CT molecular complexity index is 1020. The lowest BCUT2D eigenvalue weighted by atomic mass is 9.94. The molecular formula is C22H23ClN2O5. The number of aliphatic hydroxyl groups excluding tert-OH is 1. The highest BCUT2D eigenvalue weighted by Gasteiger charge is 2.47. The number of Topliss-reactive ketones (excluding diaryl/α,β-unsaturated/α-hetero) is 1. The van der Waals surface area contributed by atoms with Crippen LogP contribution in [-0.2, 0) is 9.59 Å². The number of benzene rings is 2. The van der Waals surface area contributed by atoms with Gasteiger partial charge in [0, 0.05) is 23.7 Å². The Morgan fingerprint density at radius 3 is 2.57 bits per heavy atom. The van der Waals surface area contributed by atoms with E-state index in [4.69, 9.17) is 16.3 Å². The van der Waals surface area contributed by atoms with Crippen molar-refractivity contribution in [2.75, 3.05) is 34.3 Å². The van der Waals surface area contributed by atoms with Crippen molar-refractivity contribution < 1.29 is 24.5 Å². The fraction of sp³-hybridized carbons (Fsp3) is 0.273. The normalized spacial score (nSPS) is 18.3. The Hall–Kier alpha value is -3.03. The maximum Gasteiger partial charge on any atom is 0.295 e. The Morgan fingerprint density at radius 2 is 1.90 bits per heavy atom. The van der Waals surface area contributed by atoms with Crippen molar-refractivity contribution in [2.24, 2.45) is 0 Å². The second-order valence-corrected chi connectivity index (χ2v) is 7.64. The van der Waals surface area contributed by atoms with Gasteiger partial charge in [-0.15, -0.1) is 0 Å². The summed E-state index contributed by atoms with van der Waals surface area (Å²) in [7, 11) is 5.21. The highest BCUT2D eigenvalue weighted by molar-refractivity contribution is 6.46. The summed E-state index contributed by atoms with van der Waals surface area (Å²) in [6, 6.07) is 10.2. The highest BCUT2D eigenvalue weighted by atomic mass is 35.5. The van der Waals surface area contributed by atoms with Gasteiger partial charge in [0.1, 0.15) is 17.3 Å². The molecule has 1 heterocycles. The number of methoxy groups -OCH3 is 1. The number of phenols is 1. The molecule has 2 aromatic rings. The van der Waals surface area contributed by atoms with Crippen LogP contribution in [0.1, 0.15) is 17.2 Å². The second kappa shape index (κ2) is 8.77. The van der Waals surface area contributed by atoms with E-state index >= 15 is 0 Å². The molecule has 0 bridgehead atoms. The molecule has 2 aromatic carbocycles. The molecule has 0 radical (unpaired) electrons. The quantitative estimate of drug-likeness (QED) is 0.416. The molecule has 1 atom stereocenters. The van der Waals surface area contributed by atoms with Crippen LogP contribution in [0, 0.1) is 0 Å². The molecule has 1 saturated heterocycles. The van der Waals surface area contributed by atoms with E-state index in [1.165, 1.54) is 30.2 Å². The Labute approximate surface area is 179 Å². The lowest BCUT2D eigenvalue weighted by molar-refractivity contribution is -0.140. The van der Waals surface area contributed by atoms with Gasteiger partial charge in [-0.3, -0.25) is 9.59 Å². The smallest absolute Gasteiger partial charge is 0.295 e. The minimum atomic E-state index is -0.875. The summed E-state index contributed by atoms with van der Waals surface area (Å²) in [6.45, 7) is 0.778. The zero-order chi connectivity index (χ0) is 22.0. The number of likely N-dealkylation sites (N-methyl/N-ethyl adjacent to an activating group) is 1. The predicted molar refractivity (Wildman–Crippen MR) is 114 cm³/mol. The van der Waals surface area contributed by atoms with Crippen LogP contribution in [0.2, 0.25) is 5.02 Å². The lowest BCUT2D eigenvalue weighted by Gasteiger charge is -2.27. The van der Waals surface area contributed by atoms with E-state index in [9.17, 15) is 19.8 Å². The molecule has 8 heteroatoms. The first-order chi connectivity index (χ1) is 14.3. The molecule has 1 fully saturated rings. The third kappa shape index (κ3) is 3.99. The van der Waals surface area contributed by atoms with Crippen LogP contribution in [0.15, 0.2) is 48.0 Å². The van der Waals surface area contributed by atoms with Crippen LogP contribution in [0.3, 0.4) is 0 Å². The molecule has 0 saturated carbocycles. The summed E-state index contributed by atoms with van der Waals surface area (Å²) in [4.78, 5) is 29.2. The number of halogens is 1. The van der Waals surface area contributed by atoms with Crippen molar-refractivity contribution >= 4 is 29.1 Å². The number of amides is 1. The molecule has 30 heavy (non-hydrogen) atoms. The topological polar surface area (TPSA) is 90.3 Å². The number of likely N-dealkylation sites (tertiary alicyclic amines) is 1. The van der Waals surface area contributed by atoms with Gasteiger partial charge in [-0.2, -0.15) is 0 Å². The van der Waals surface area contributed by atoms with E-state index in [-0.39, 0.29) is 28.5 Å². The number of carbonyl (C=O) groups excluding carboxylic acids is 2. The van der Waals surface area contributed by atoms with Gasteiger partial charge in [0.25, 0.3) is 11.7 Å². The SMILES string of the molecule is COc1ccccc1C1C(=C(O)c2cc(Cl)ccc2O)C(=O)C(=O)N1CCN(C)C. The maximum atomic E-state index is 13.0. The number of rotatable bonds is 6. The molecule has 1 unspecified atom stereocenters. The molecule has 0 aromatic heterocycles. The number of hydrogen-bond acceptors (Lipinski definition) is 6. The first kappa shape index (κ1) is 21.7. The molecule has 158 valence electrons. The van der Waals surface area contributed by atoms with E-state index in [1.807, 2.05) is 19.0 Å². The van der Waals surface area contributed by atoms with Crippen molar-refractivity contribution in [3.63, 3.8) is 0 Å². The van der Waals surface area contributed by atoms with Crippen LogP contribution in [0.25, 0.3) is 5.76 Å². The number of para-hydroxylation sites is 1. The van der Waals surface area contributed by atoms with E-state index in [2.05, 4.69) is 0 Å². The van der Waals surface area contributed by atoms with Crippen LogP contribution < -0.4 is 4.74 Å². The van der Waals surface area contributed by atoms with E-state index < -0.39 is 23.5 Å². The number of carbonyl (C=O) groups is 2. The molecule has 3 rings (SSSR count). The Balaban J connectivity index is 2.24. The van der Waals surface area contributed by atoms with Gasteiger partial charge < -0.3 is 24.7 Å². The minimum absolute atomic E-state index is 0.0204. The summed E-state index contributed by atoms with van der Waals surface area (Å²) in [5.41, 5.74) is 0.412. The van der Waals surface area contributed by atoms with Gasteiger partial charge >= 0.3 is 0 Å². The maximum absolute atomic E-state index is 13.0. The van der Waals surface area contributed by atoms with Crippen molar-refractivity contribution in [3.05, 3.63) is 64.2 Å². The van der Waals surface area contributed by atoms with Crippen molar-refractivity contribution in [1.82, 2.24) is 9.80 Å². The number of nitrogens with zero attached hydrogens (tertiary/aromatic N) is 2. The lowest BCUT2D eigenvalue weighted by Crippen LogP contribution is -2.35. The number of aromatic hydroxyl groups is 1. The fourth-order valence-corrected chi connectivity index (χ4v) is 3.65. The summed E-state index contributed by atoms with van der Waals surface area (Å²) >= 11 is 6.01. The predicted octanol–water partition coefficient (Wildman–Crippen LogP) is 3.04. The molecule has 1 amide bonds. The third-order valence-corrected chi connectivity index (χ3v) is 5.21. The summed E-state index contributed by atoms with van der Waals surface area (Å²) < 4.78 is 5.44. The third-order valence-electron chi connectivity index (χ3n) is 4.98. The van der Waals surface area contributed by atoms with Crippen LogP contribution in [-0.4, -0.2) is 66.0 Å². The number of ketones is 1. The monoisotopic (exact) mass is 430 g/mol. The number of phenolic OH excluding ortho intramolecular Hbond substituents is 1. The van der Waals surface area contributed by atoms with Gasteiger partial charge in [0.15, 0.2) is 0 Å². The summed E-state index contributed by atoms with van der Waals surface area (Å²) in [5, 5.41) is 21.5. The van der Waals surface area contributed by atoms with Crippen LogP contribution in [0.4, 0.5) is 0 Å². The van der Waals surface area contributed by atoms with Crippen LogP contribution in [0.5, 0.6) is 11.5 Å². The average Bonchev–Trinajstić information content (AvgIpc) is 2.97. The van der Waals surface area contributed by atoms with E-state index in [0.29, 0.717) is 17.9 Å². The number of ether oxygens (including phenoxy) is 1. The standard InChI is InChI=1S/C22H23ClN2O5/c1-24(2)10-11-25-19(14-6-4-5-7-17(14)30-3)18(21(28)22(25)29)20(27)15-12-13(23)8-9-16(15)26/h4-9,12,19,26-27H,10-11H2,1-3H3. The van der Waals surface area contributed by atoms with Gasteiger partial charge in [0.2, 0.25) is 0 Å². The fourth-order valence-electron chi connectivity index (χ4n) is 3.48. The molecule has 1 aliphatic rings. The molecule has 0 spiro atoms. The Kier molecular flexibility index (Phi) is 6.34. The number of hydrogen-bond donors (Lipinski definition) is 2. The van der Waals surface area contributed by atoms with Crippen LogP contribution >= 0.6 is 11.6 Å². The average molecular weight is 431 g/mol. The van der Waals surface area contributed by atoms with E-state index in [0.717, 1.165) is 0 Å². The largest absolute Gasteiger partial charge is 0.507 e. The molecule has 1 aliphatic heterocycles. The summed E-state index contributed by atoms with van der Waals surface area (Å²) in [5.74, 6) is -1.83. The minimum Gasteiger partial charge on any atom is -0.507 e. The van der Waals surface area contributed by atoms with Crippen molar-refractivity contribution in [3.8, 4) is 11.5 Å². The molecule has 2 N–H and O–H groups in total. The van der Waals surface area contributed by atoms with Gasteiger partial charge in [-0.05, 0) is 38.4 Å². The second-order valence-electron chi connectivity index (χ2n) is 7.20. The Morgan fingerprint density at radius 1 is 1.20 bits per heavy atom. The first-order valence-corrected chi connectivity index (χ1v) is 9.69. The van der Waals surface area contributed by atoms with Gasteiger partial charge in [0.05, 0.1) is 24.3 Å². The molecular weight excluding hydrogens is 408 g/mol. The zero-order valence-electron chi connectivity index (χ0n) is 16.9. The first-order valence-electron chi connectivity index (χ1n) is 9.31. The van der Waals surface area contributed by atoms with Gasteiger partial charge in [-0.1, -0.05) is 29.8 Å². The van der Waals surface area contributed by atoms with E-state index in [1.54, 1.807) is 24.3 Å². The highest BCUT2D eigenvalue weighted by Crippen LogP contribution is 2.43. The van der Waals surface area contributed by atoms with Crippen molar-refractivity contribution in [2.45, 2.75) is 6.04 Å². The van der Waals surface area contributed by atoms with Crippen molar-refractivity contribution in [1.29, 1.82) is 0 Å². The zero-order valence-corrected chi connectivity index (χ0v) is 17.7. The van der Waals surface area contributed by atoms with Gasteiger partial charge in [-0.25, -0.2) is 0 Å².